The van der Waals surface area contributed by atoms with Crippen LogP contribution in [-0.4, -0.2) is 24.5 Å². The lowest BCUT2D eigenvalue weighted by atomic mass is 10.2. The highest BCUT2D eigenvalue weighted by atomic mass is 15.1. The van der Waals surface area contributed by atoms with Crippen molar-refractivity contribution < 1.29 is 0 Å². The summed E-state index contributed by atoms with van der Waals surface area (Å²) in [4.78, 5) is 2.59. The second-order valence-electron chi connectivity index (χ2n) is 3.76. The van der Waals surface area contributed by atoms with Crippen molar-refractivity contribution >= 4 is 0 Å². The van der Waals surface area contributed by atoms with Gasteiger partial charge in [-0.2, -0.15) is 0 Å². The Bertz CT molecular complexity index is 85.1. The molecule has 0 N–H and O–H groups in total. The van der Waals surface area contributed by atoms with Gasteiger partial charge in [0.2, 0.25) is 0 Å². The smallest absolute Gasteiger partial charge is 0.00187 e. The maximum absolute atomic E-state index is 3.86. The fraction of sp³-hybridized carbons (Fsp3) is 0.917. The van der Waals surface area contributed by atoms with E-state index < -0.39 is 0 Å². The minimum Gasteiger partial charge on any atom is -0.303 e. The molecule has 0 spiro atoms. The number of hydrogen-bond donors (Lipinski definition) is 0. The number of nitrogens with zero attached hydrogens (tertiary/aromatic N) is 1. The van der Waals surface area contributed by atoms with E-state index in [1.54, 1.807) is 0 Å². The molecule has 0 unspecified atom stereocenters. The highest BCUT2D eigenvalue weighted by Gasteiger charge is 2.00. The van der Waals surface area contributed by atoms with Crippen LogP contribution in [0.25, 0.3) is 0 Å². The van der Waals surface area contributed by atoms with E-state index in [0.717, 1.165) is 6.42 Å². The lowest BCUT2D eigenvalue weighted by Crippen LogP contribution is -2.26. The maximum atomic E-state index is 3.86. The Morgan fingerprint density at radius 1 is 0.846 bits per heavy atom. The molecule has 1 heteroatoms. The van der Waals surface area contributed by atoms with Gasteiger partial charge in [0.1, 0.15) is 0 Å². The highest BCUT2D eigenvalue weighted by Crippen LogP contribution is 2.02. The summed E-state index contributed by atoms with van der Waals surface area (Å²) in [6.07, 6.45) is 7.68. The molecule has 79 valence electrons. The van der Waals surface area contributed by atoms with Gasteiger partial charge in [0, 0.05) is 0 Å². The molecule has 0 fully saturated rings. The highest BCUT2D eigenvalue weighted by molar-refractivity contribution is 4.56. The summed E-state index contributed by atoms with van der Waals surface area (Å²) < 4.78 is 0. The molecular formula is C12H26N. The van der Waals surface area contributed by atoms with Crippen LogP contribution >= 0.6 is 0 Å². The molecule has 0 saturated heterocycles. The third-order valence-corrected chi connectivity index (χ3v) is 2.30. The second kappa shape index (κ2) is 10.0. The Balaban J connectivity index is 3.33. The van der Waals surface area contributed by atoms with Gasteiger partial charge in [-0.05, 0) is 38.9 Å². The molecule has 0 heterocycles. The first-order valence-electron chi connectivity index (χ1n) is 5.86. The van der Waals surface area contributed by atoms with Gasteiger partial charge in [0.25, 0.3) is 0 Å². The molecule has 0 aliphatic heterocycles. The summed E-state index contributed by atoms with van der Waals surface area (Å²) in [6.45, 7) is 12.2. The molecular weight excluding hydrogens is 158 g/mol. The minimum absolute atomic E-state index is 1.10. The number of unbranched alkanes of at least 4 members (excludes halogenated alkanes) is 3. The molecule has 0 aromatic rings. The zero-order valence-electron chi connectivity index (χ0n) is 9.52. The van der Waals surface area contributed by atoms with Crippen LogP contribution in [0.2, 0.25) is 0 Å². The van der Waals surface area contributed by atoms with Gasteiger partial charge in [-0.15, -0.1) is 0 Å². The lowest BCUT2D eigenvalue weighted by Gasteiger charge is -2.20. The summed E-state index contributed by atoms with van der Waals surface area (Å²) in [5, 5.41) is 0. The zero-order valence-corrected chi connectivity index (χ0v) is 9.52. The van der Waals surface area contributed by atoms with Crippen LogP contribution in [0.15, 0.2) is 0 Å². The number of hydrogen-bond acceptors (Lipinski definition) is 1. The van der Waals surface area contributed by atoms with Crippen molar-refractivity contribution in [2.75, 3.05) is 19.6 Å². The third kappa shape index (κ3) is 8.29. The van der Waals surface area contributed by atoms with Crippen molar-refractivity contribution in [2.24, 2.45) is 0 Å². The molecule has 0 rings (SSSR count). The zero-order chi connectivity index (χ0) is 9.94. The predicted octanol–water partition coefficient (Wildman–Crippen LogP) is 3.50. The normalized spacial score (nSPS) is 11.1. The van der Waals surface area contributed by atoms with Crippen LogP contribution in [0.5, 0.6) is 0 Å². The molecule has 0 bridgehead atoms. The standard InChI is InChI=1S/C12H26N/c1-4-7-8-9-12-13(10-5-2)11-6-3/h1,4-12H2,2-3H3. The number of rotatable bonds is 9. The minimum atomic E-state index is 1.10. The first kappa shape index (κ1) is 13.0. The molecule has 0 aromatic heterocycles. The Kier molecular flexibility index (Phi) is 10.0. The first-order valence-corrected chi connectivity index (χ1v) is 5.86. The summed E-state index contributed by atoms with van der Waals surface area (Å²) in [7, 11) is 0. The largest absolute Gasteiger partial charge is 0.303 e. The van der Waals surface area contributed by atoms with Crippen molar-refractivity contribution in [1.82, 2.24) is 4.90 Å². The average Bonchev–Trinajstić information content (AvgIpc) is 2.13. The Morgan fingerprint density at radius 2 is 1.46 bits per heavy atom. The van der Waals surface area contributed by atoms with Crippen molar-refractivity contribution in [1.29, 1.82) is 0 Å². The lowest BCUT2D eigenvalue weighted by molar-refractivity contribution is 0.268. The molecule has 0 aromatic carbocycles. The summed E-state index contributed by atoms with van der Waals surface area (Å²) in [5.74, 6) is 0. The average molecular weight is 184 g/mol. The second-order valence-corrected chi connectivity index (χ2v) is 3.76. The third-order valence-electron chi connectivity index (χ3n) is 2.30. The molecule has 0 aliphatic rings. The van der Waals surface area contributed by atoms with Gasteiger partial charge in [-0.3, -0.25) is 0 Å². The SMILES string of the molecule is [CH2]CCCCCN(CCC)CCC. The fourth-order valence-corrected chi connectivity index (χ4v) is 1.66. The van der Waals surface area contributed by atoms with E-state index in [0.29, 0.717) is 0 Å². The van der Waals surface area contributed by atoms with Gasteiger partial charge < -0.3 is 4.90 Å². The van der Waals surface area contributed by atoms with Gasteiger partial charge in [0.15, 0.2) is 0 Å². The van der Waals surface area contributed by atoms with Crippen molar-refractivity contribution in [3.05, 3.63) is 6.92 Å². The molecule has 13 heavy (non-hydrogen) atoms. The van der Waals surface area contributed by atoms with Crippen LogP contribution in [-0.2, 0) is 0 Å². The van der Waals surface area contributed by atoms with E-state index in [-0.39, 0.29) is 0 Å². The van der Waals surface area contributed by atoms with E-state index in [2.05, 4.69) is 25.7 Å². The van der Waals surface area contributed by atoms with E-state index in [4.69, 9.17) is 0 Å². The summed E-state index contributed by atoms with van der Waals surface area (Å²) in [6, 6.07) is 0. The Labute approximate surface area is 84.5 Å². The van der Waals surface area contributed by atoms with E-state index in [1.165, 1.54) is 51.7 Å². The van der Waals surface area contributed by atoms with Crippen molar-refractivity contribution in [3.63, 3.8) is 0 Å². The van der Waals surface area contributed by atoms with Gasteiger partial charge in [-0.1, -0.05) is 40.0 Å². The van der Waals surface area contributed by atoms with Gasteiger partial charge in [0.05, 0.1) is 0 Å². The van der Waals surface area contributed by atoms with E-state index >= 15 is 0 Å². The molecule has 1 radical (unpaired) electrons. The monoisotopic (exact) mass is 184 g/mol. The van der Waals surface area contributed by atoms with E-state index in [9.17, 15) is 0 Å². The van der Waals surface area contributed by atoms with Crippen LogP contribution in [0.3, 0.4) is 0 Å². The summed E-state index contributed by atoms with van der Waals surface area (Å²) >= 11 is 0. The van der Waals surface area contributed by atoms with Crippen LogP contribution in [0.4, 0.5) is 0 Å². The van der Waals surface area contributed by atoms with E-state index in [1.807, 2.05) is 0 Å². The molecule has 0 atom stereocenters. The van der Waals surface area contributed by atoms with Crippen molar-refractivity contribution in [3.8, 4) is 0 Å². The van der Waals surface area contributed by atoms with Crippen molar-refractivity contribution in [2.45, 2.75) is 52.4 Å². The quantitative estimate of drug-likeness (QED) is 0.496. The fourth-order valence-electron chi connectivity index (χ4n) is 1.66. The first-order chi connectivity index (χ1) is 6.35. The molecule has 0 amide bonds. The molecule has 0 aliphatic carbocycles. The Morgan fingerprint density at radius 3 is 1.92 bits per heavy atom. The van der Waals surface area contributed by atoms with Gasteiger partial charge in [-0.25, -0.2) is 0 Å². The Hall–Kier alpha value is -0.0400. The summed E-state index contributed by atoms with van der Waals surface area (Å²) in [5.41, 5.74) is 0. The van der Waals surface area contributed by atoms with Crippen LogP contribution in [0.1, 0.15) is 52.4 Å². The molecule has 1 nitrogen and oxygen atoms in total. The molecule has 0 saturated carbocycles. The maximum Gasteiger partial charge on any atom is -0.00187 e. The van der Waals surface area contributed by atoms with Gasteiger partial charge >= 0.3 is 0 Å². The topological polar surface area (TPSA) is 3.24 Å². The predicted molar refractivity (Wildman–Crippen MR) is 60.8 cm³/mol. The van der Waals surface area contributed by atoms with Crippen LogP contribution in [0, 0.1) is 6.92 Å². The van der Waals surface area contributed by atoms with Crippen LogP contribution < -0.4 is 0 Å².